The predicted octanol–water partition coefficient (Wildman–Crippen LogP) is 6.74. The second-order valence-corrected chi connectivity index (χ2v) is 10.5. The van der Waals surface area contributed by atoms with Crippen molar-refractivity contribution in [3.8, 4) is 0 Å². The highest BCUT2D eigenvalue weighted by atomic mass is 35.7. The summed E-state index contributed by atoms with van der Waals surface area (Å²) in [6.07, 6.45) is 15.2. The molecule has 0 saturated carbocycles. The van der Waals surface area contributed by atoms with Crippen LogP contribution in [0.2, 0.25) is 0 Å². The van der Waals surface area contributed by atoms with E-state index in [0.29, 0.717) is 17.6 Å². The second-order valence-electron chi connectivity index (χ2n) is 8.73. The molecule has 7 heteroatoms. The molecule has 5 nitrogen and oxygen atoms in total. The third kappa shape index (κ3) is 20.8. The number of carbonyl (C=O) groups is 1. The maximum atomic E-state index is 11.0. The van der Waals surface area contributed by atoms with Crippen LogP contribution in [0.1, 0.15) is 90.4 Å². The van der Waals surface area contributed by atoms with E-state index in [9.17, 15) is 4.79 Å². The lowest BCUT2D eigenvalue weighted by atomic mass is 10.1. The minimum atomic E-state index is -1.54. The van der Waals surface area contributed by atoms with Gasteiger partial charge in [0.2, 0.25) is 0 Å². The zero-order valence-electron chi connectivity index (χ0n) is 18.6. The SMILES string of the molecule is CCCCCCCCCCCCCCOP(Cl)O[C@H](CC(=O)O)C[N+](C)(C)C. The van der Waals surface area contributed by atoms with E-state index in [1.54, 1.807) is 0 Å². The number of nitrogens with zero attached hydrogens (tertiary/aromatic N) is 1. The first-order valence-corrected chi connectivity index (χ1v) is 13.1. The third-order valence-electron chi connectivity index (χ3n) is 4.58. The summed E-state index contributed by atoms with van der Waals surface area (Å²) in [7, 11) is 4.46. The molecule has 0 amide bonds. The van der Waals surface area contributed by atoms with Crippen molar-refractivity contribution >= 4 is 24.9 Å². The number of hydrogen-bond acceptors (Lipinski definition) is 3. The summed E-state index contributed by atoms with van der Waals surface area (Å²) in [6, 6.07) is 0. The van der Waals surface area contributed by atoms with Crippen LogP contribution >= 0.6 is 19.0 Å². The van der Waals surface area contributed by atoms with E-state index < -0.39 is 19.8 Å². The molecule has 0 aliphatic carbocycles. The Labute approximate surface area is 179 Å². The molecule has 0 saturated heterocycles. The molecule has 0 aromatic rings. The fraction of sp³-hybridized carbons (Fsp3) is 0.952. The zero-order valence-corrected chi connectivity index (χ0v) is 20.3. The summed E-state index contributed by atoms with van der Waals surface area (Å²) >= 11 is 6.15. The monoisotopic (exact) mass is 440 g/mol. The molecule has 1 N–H and O–H groups in total. The van der Waals surface area contributed by atoms with E-state index in [1.807, 2.05) is 21.1 Å². The van der Waals surface area contributed by atoms with E-state index in [-0.39, 0.29) is 6.42 Å². The fourth-order valence-corrected chi connectivity index (χ4v) is 4.42. The van der Waals surface area contributed by atoms with Crippen molar-refractivity contribution in [2.45, 2.75) is 96.5 Å². The normalized spacial score (nSPS) is 14.2. The van der Waals surface area contributed by atoms with Gasteiger partial charge in [0.15, 0.2) is 0 Å². The number of likely N-dealkylation sites (N-methyl/N-ethyl adjacent to an activating group) is 1. The number of hydrogen-bond donors (Lipinski definition) is 1. The van der Waals surface area contributed by atoms with Crippen molar-refractivity contribution in [1.29, 1.82) is 0 Å². The number of quaternary nitrogens is 1. The van der Waals surface area contributed by atoms with Crippen molar-refractivity contribution in [3.63, 3.8) is 0 Å². The lowest BCUT2D eigenvalue weighted by Gasteiger charge is -2.29. The molecule has 0 spiro atoms. The van der Waals surface area contributed by atoms with Crippen LogP contribution in [0.3, 0.4) is 0 Å². The maximum absolute atomic E-state index is 11.0. The predicted molar refractivity (Wildman–Crippen MR) is 120 cm³/mol. The number of rotatable bonds is 20. The average Bonchev–Trinajstić information content (AvgIpc) is 2.56. The van der Waals surface area contributed by atoms with Gasteiger partial charge in [-0.05, 0) is 17.7 Å². The Hall–Kier alpha value is 0.0700. The molecule has 0 aromatic carbocycles. The van der Waals surface area contributed by atoms with Gasteiger partial charge in [0.25, 0.3) is 7.73 Å². The molecule has 0 radical (unpaired) electrons. The first-order chi connectivity index (χ1) is 13.2. The van der Waals surface area contributed by atoms with Crippen LogP contribution in [0.25, 0.3) is 0 Å². The van der Waals surface area contributed by atoms with Gasteiger partial charge >= 0.3 is 5.97 Å². The van der Waals surface area contributed by atoms with Gasteiger partial charge in [0.1, 0.15) is 12.6 Å². The van der Waals surface area contributed by atoms with Crippen LogP contribution in [0.15, 0.2) is 0 Å². The number of halogens is 1. The second kappa shape index (κ2) is 17.9. The van der Waals surface area contributed by atoms with Gasteiger partial charge in [-0.2, -0.15) is 0 Å². The van der Waals surface area contributed by atoms with Crippen molar-refractivity contribution in [1.82, 2.24) is 0 Å². The lowest BCUT2D eigenvalue weighted by Crippen LogP contribution is -2.42. The Balaban J connectivity index is 3.61. The molecule has 1 unspecified atom stereocenters. The molecule has 0 aromatic heterocycles. The van der Waals surface area contributed by atoms with Crippen LogP contribution in [-0.4, -0.2) is 56.0 Å². The van der Waals surface area contributed by atoms with E-state index in [2.05, 4.69) is 6.92 Å². The van der Waals surface area contributed by atoms with Gasteiger partial charge in [0.05, 0.1) is 34.2 Å². The summed E-state index contributed by atoms with van der Waals surface area (Å²) < 4.78 is 11.8. The Bertz CT molecular complexity index is 380. The first-order valence-electron chi connectivity index (χ1n) is 11.0. The standard InChI is InChI=1S/C21H43ClNO4P/c1-5-6-7-8-9-10-11-12-13-14-15-16-17-26-28(22)27-20(18-21(24)25)19-23(2,3)4/h20H,5-19H2,1-4H3/p+1/t20-,28?/m1/s1. The number of carboxylic acids is 1. The molecule has 0 aliphatic rings. The lowest BCUT2D eigenvalue weighted by molar-refractivity contribution is -0.873. The topological polar surface area (TPSA) is 55.8 Å². The summed E-state index contributed by atoms with van der Waals surface area (Å²) in [4.78, 5) is 11.0. The van der Waals surface area contributed by atoms with Crippen molar-refractivity contribution in [3.05, 3.63) is 0 Å². The molecular weight excluding hydrogens is 397 g/mol. The Kier molecular flexibility index (Phi) is 17.9. The summed E-state index contributed by atoms with van der Waals surface area (Å²) in [5.74, 6) is -0.875. The van der Waals surface area contributed by atoms with Crippen molar-refractivity contribution in [2.24, 2.45) is 0 Å². The average molecular weight is 441 g/mol. The molecule has 0 heterocycles. The quantitative estimate of drug-likeness (QED) is 0.129. The molecule has 168 valence electrons. The fourth-order valence-electron chi connectivity index (χ4n) is 3.17. The number of carboxylic acid groups (broad SMARTS) is 1. The van der Waals surface area contributed by atoms with Crippen molar-refractivity contribution in [2.75, 3.05) is 34.3 Å². The Morgan fingerprint density at radius 1 is 0.929 bits per heavy atom. The van der Waals surface area contributed by atoms with E-state index in [1.165, 1.54) is 64.2 Å². The number of aliphatic carboxylic acids is 1. The van der Waals surface area contributed by atoms with Gasteiger partial charge in [-0.25, -0.2) is 0 Å². The highest BCUT2D eigenvalue weighted by molar-refractivity contribution is 7.76. The van der Waals surface area contributed by atoms with Crippen LogP contribution in [0.4, 0.5) is 0 Å². The first kappa shape index (κ1) is 28.1. The Morgan fingerprint density at radius 2 is 1.39 bits per heavy atom. The minimum Gasteiger partial charge on any atom is -0.481 e. The summed E-state index contributed by atoms with van der Waals surface area (Å²) in [5.41, 5.74) is 0. The largest absolute Gasteiger partial charge is 0.481 e. The zero-order chi connectivity index (χ0) is 21.3. The number of unbranched alkanes of at least 4 members (excludes halogenated alkanes) is 11. The molecule has 0 bridgehead atoms. The van der Waals surface area contributed by atoms with Crippen LogP contribution in [-0.2, 0) is 13.8 Å². The minimum absolute atomic E-state index is 0.0525. The molecule has 2 atom stereocenters. The smallest absolute Gasteiger partial charge is 0.306 e. The van der Waals surface area contributed by atoms with Gasteiger partial charge in [-0.3, -0.25) is 4.79 Å². The third-order valence-corrected chi connectivity index (χ3v) is 5.96. The molecule has 0 fully saturated rings. The summed E-state index contributed by atoms with van der Waals surface area (Å²) in [6.45, 7) is 3.42. The van der Waals surface area contributed by atoms with Crippen LogP contribution in [0, 0.1) is 0 Å². The van der Waals surface area contributed by atoms with Crippen LogP contribution in [0.5, 0.6) is 0 Å². The van der Waals surface area contributed by atoms with Gasteiger partial charge in [0, 0.05) is 0 Å². The van der Waals surface area contributed by atoms with E-state index in [0.717, 1.165) is 12.8 Å². The summed E-state index contributed by atoms with van der Waals surface area (Å²) in [5, 5.41) is 9.03. The highest BCUT2D eigenvalue weighted by Crippen LogP contribution is 2.45. The Morgan fingerprint density at radius 3 is 1.82 bits per heavy atom. The molecular formula is C21H44ClNO4P+. The maximum Gasteiger partial charge on any atom is 0.306 e. The van der Waals surface area contributed by atoms with E-state index >= 15 is 0 Å². The van der Waals surface area contributed by atoms with Gasteiger partial charge < -0.3 is 18.6 Å². The molecule has 28 heavy (non-hydrogen) atoms. The van der Waals surface area contributed by atoms with Gasteiger partial charge in [-0.1, -0.05) is 77.6 Å². The van der Waals surface area contributed by atoms with Gasteiger partial charge in [-0.15, -0.1) is 0 Å². The molecule has 0 aliphatic heterocycles. The highest BCUT2D eigenvalue weighted by Gasteiger charge is 2.25. The van der Waals surface area contributed by atoms with Crippen molar-refractivity contribution < 1.29 is 23.4 Å². The van der Waals surface area contributed by atoms with Crippen LogP contribution < -0.4 is 0 Å². The molecule has 0 rings (SSSR count). The van der Waals surface area contributed by atoms with E-state index in [4.69, 9.17) is 25.4 Å².